The molecule has 3 amide bonds. The number of nitrogens with two attached hydrogens (primary N) is 1. The number of benzene rings is 2. The molecule has 37 heavy (non-hydrogen) atoms. The van der Waals surface area contributed by atoms with Gasteiger partial charge >= 0.3 is 11.9 Å². The Bertz CT molecular complexity index is 1210. The molecule has 3 N–H and O–H groups in total. The van der Waals surface area contributed by atoms with Gasteiger partial charge in [-0.25, -0.2) is 0 Å². The van der Waals surface area contributed by atoms with Crippen molar-refractivity contribution < 1.29 is 32.7 Å². The highest BCUT2D eigenvalue weighted by Crippen LogP contribution is 2.37. The third-order valence-corrected chi connectivity index (χ3v) is 5.95. The highest BCUT2D eigenvalue weighted by atomic mass is 35.5. The molecule has 0 saturated heterocycles. The van der Waals surface area contributed by atoms with Crippen molar-refractivity contribution in [2.75, 3.05) is 0 Å². The van der Waals surface area contributed by atoms with Crippen LogP contribution in [0.4, 0.5) is 8.78 Å². The van der Waals surface area contributed by atoms with Crippen LogP contribution in [0, 0.1) is 0 Å². The normalized spacial score (nSPS) is 14.2. The van der Waals surface area contributed by atoms with Crippen molar-refractivity contribution in [3.63, 3.8) is 0 Å². The molecule has 2 aromatic rings. The Morgan fingerprint density at radius 3 is 2.38 bits per heavy atom. The first-order chi connectivity index (χ1) is 17.2. The number of primary amides is 1. The van der Waals surface area contributed by atoms with Crippen LogP contribution >= 0.6 is 11.6 Å². The summed E-state index contributed by atoms with van der Waals surface area (Å²) in [7, 11) is 0. The Labute approximate surface area is 218 Å². The van der Waals surface area contributed by atoms with Gasteiger partial charge in [-0.15, -0.1) is 0 Å². The number of nitrogens with one attached hydrogen (secondary N) is 1. The summed E-state index contributed by atoms with van der Waals surface area (Å²) in [6.07, 6.45) is -0.349. The first kappa shape index (κ1) is 28.0. The van der Waals surface area contributed by atoms with Crippen LogP contribution in [0.1, 0.15) is 60.7 Å². The molecule has 11 heteroatoms. The van der Waals surface area contributed by atoms with E-state index >= 15 is 8.78 Å². The zero-order chi connectivity index (χ0) is 27.5. The molecule has 2 aromatic carbocycles. The minimum atomic E-state index is -4.04. The fourth-order valence-corrected chi connectivity index (χ4v) is 4.14. The van der Waals surface area contributed by atoms with Crippen molar-refractivity contribution in [1.82, 2.24) is 10.2 Å². The molecule has 0 aromatic heterocycles. The number of rotatable bonds is 9. The second-order valence-corrected chi connectivity index (χ2v) is 10.1. The van der Waals surface area contributed by atoms with Crippen molar-refractivity contribution in [3.8, 4) is 0 Å². The maximum atomic E-state index is 15.3. The molecular weight excluding hydrogens is 508 g/mol. The van der Waals surface area contributed by atoms with Crippen molar-refractivity contribution in [2.45, 2.75) is 64.3 Å². The zero-order valence-corrected chi connectivity index (χ0v) is 21.4. The van der Waals surface area contributed by atoms with Crippen molar-refractivity contribution in [1.29, 1.82) is 0 Å². The van der Waals surface area contributed by atoms with E-state index in [4.69, 9.17) is 22.1 Å². The van der Waals surface area contributed by atoms with Crippen LogP contribution in [-0.2, 0) is 38.1 Å². The van der Waals surface area contributed by atoms with E-state index in [0.29, 0.717) is 10.6 Å². The number of esters is 1. The minimum Gasteiger partial charge on any atom is -0.460 e. The van der Waals surface area contributed by atoms with Gasteiger partial charge in [0.05, 0.1) is 5.56 Å². The summed E-state index contributed by atoms with van der Waals surface area (Å²) in [5.74, 6) is -7.98. The summed E-state index contributed by atoms with van der Waals surface area (Å²) < 4.78 is 35.8. The molecule has 1 unspecified atom stereocenters. The summed E-state index contributed by atoms with van der Waals surface area (Å²) >= 11 is 5.81. The van der Waals surface area contributed by atoms with E-state index in [2.05, 4.69) is 5.32 Å². The maximum absolute atomic E-state index is 15.3. The predicted molar refractivity (Wildman–Crippen MR) is 132 cm³/mol. The summed E-state index contributed by atoms with van der Waals surface area (Å²) in [5, 5.41) is 2.65. The highest BCUT2D eigenvalue weighted by molar-refractivity contribution is 6.30. The molecule has 0 radical (unpaired) electrons. The maximum Gasteiger partial charge on any atom is 0.350 e. The van der Waals surface area contributed by atoms with Crippen LogP contribution in [0.3, 0.4) is 0 Å². The first-order valence-electron chi connectivity index (χ1n) is 11.6. The number of hydrogen-bond donors (Lipinski definition) is 2. The lowest BCUT2D eigenvalue weighted by atomic mass is 9.97. The van der Waals surface area contributed by atoms with Crippen LogP contribution in [-0.4, -0.2) is 40.2 Å². The number of halogens is 3. The summed E-state index contributed by atoms with van der Waals surface area (Å²) in [6, 6.07) is 8.85. The van der Waals surface area contributed by atoms with Gasteiger partial charge in [0, 0.05) is 30.1 Å². The van der Waals surface area contributed by atoms with Crippen molar-refractivity contribution in [3.05, 3.63) is 69.7 Å². The summed E-state index contributed by atoms with van der Waals surface area (Å²) in [5.41, 5.74) is 4.39. The summed E-state index contributed by atoms with van der Waals surface area (Å²) in [4.78, 5) is 51.1. The molecule has 198 valence electrons. The average Bonchev–Trinajstić information content (AvgIpc) is 3.13. The molecule has 1 aliphatic rings. The van der Waals surface area contributed by atoms with Gasteiger partial charge in [0.25, 0.3) is 11.8 Å². The molecule has 0 fully saturated rings. The van der Waals surface area contributed by atoms with E-state index in [1.54, 1.807) is 45.0 Å². The lowest BCUT2D eigenvalue weighted by molar-refractivity contribution is -0.155. The number of carbonyl (C=O) groups is 4. The van der Waals surface area contributed by atoms with E-state index in [1.165, 1.54) is 12.1 Å². The third-order valence-electron chi connectivity index (χ3n) is 5.70. The topological polar surface area (TPSA) is 119 Å². The average molecular weight is 536 g/mol. The van der Waals surface area contributed by atoms with Crippen molar-refractivity contribution in [2.24, 2.45) is 5.73 Å². The van der Waals surface area contributed by atoms with Gasteiger partial charge in [-0.1, -0.05) is 41.9 Å². The Kier molecular flexibility index (Phi) is 8.22. The number of ether oxygens (including phenoxy) is 1. The molecule has 1 aliphatic heterocycles. The predicted octanol–water partition coefficient (Wildman–Crippen LogP) is 3.68. The van der Waals surface area contributed by atoms with E-state index < -0.39 is 46.8 Å². The molecule has 0 saturated carbocycles. The zero-order valence-electron chi connectivity index (χ0n) is 20.6. The lowest BCUT2D eigenvalue weighted by Crippen LogP contribution is -2.45. The molecule has 0 bridgehead atoms. The second kappa shape index (κ2) is 10.8. The summed E-state index contributed by atoms with van der Waals surface area (Å²) in [6.45, 7) is 4.71. The third kappa shape index (κ3) is 6.62. The van der Waals surface area contributed by atoms with E-state index in [9.17, 15) is 19.2 Å². The van der Waals surface area contributed by atoms with Gasteiger partial charge in [-0.3, -0.25) is 19.2 Å². The largest absolute Gasteiger partial charge is 0.460 e. The number of carbonyl (C=O) groups excluding carboxylic acids is 4. The number of nitrogens with zero attached hydrogens (tertiary/aromatic N) is 1. The van der Waals surface area contributed by atoms with Crippen LogP contribution in [0.15, 0.2) is 42.5 Å². The van der Waals surface area contributed by atoms with E-state index in [1.807, 2.05) is 0 Å². The standard InChI is InChI=1S/C26H28ClF2N3O5/c1-25(2,3)37-20(33)12-11-19(22(30)34)32-14-16-5-4-6-18(21(16)23(32)35)26(28,29)24(36)31-13-15-7-9-17(27)10-8-15/h4-10,19H,11-14H2,1-3H3,(H2,30,34)(H,31,36). The Hall–Kier alpha value is -3.53. The molecule has 0 spiro atoms. The molecule has 1 atom stereocenters. The van der Waals surface area contributed by atoms with Gasteiger partial charge in [0.15, 0.2) is 0 Å². The molecule has 3 rings (SSSR count). The number of alkyl halides is 2. The van der Waals surface area contributed by atoms with Gasteiger partial charge in [0.2, 0.25) is 5.91 Å². The SMILES string of the molecule is CC(C)(C)OC(=O)CCC(C(N)=O)N1Cc2cccc(C(F)(F)C(=O)NCc3ccc(Cl)cc3)c2C1=O. The molecule has 0 aliphatic carbocycles. The molecule has 1 heterocycles. The van der Waals surface area contributed by atoms with Gasteiger partial charge in [-0.2, -0.15) is 8.78 Å². The number of amides is 3. The van der Waals surface area contributed by atoms with Crippen LogP contribution in [0.5, 0.6) is 0 Å². The quantitative estimate of drug-likeness (QED) is 0.475. The molecule has 8 nitrogen and oxygen atoms in total. The number of fused-ring (bicyclic) bond motifs is 1. The fourth-order valence-electron chi connectivity index (χ4n) is 4.01. The lowest BCUT2D eigenvalue weighted by Gasteiger charge is -2.26. The second-order valence-electron chi connectivity index (χ2n) is 9.70. The Morgan fingerprint density at radius 1 is 1.14 bits per heavy atom. The fraction of sp³-hybridized carbons (Fsp3) is 0.385. The van der Waals surface area contributed by atoms with Gasteiger partial charge < -0.3 is 20.7 Å². The van der Waals surface area contributed by atoms with Crippen LogP contribution in [0.25, 0.3) is 0 Å². The van der Waals surface area contributed by atoms with E-state index in [-0.39, 0.29) is 37.1 Å². The smallest absolute Gasteiger partial charge is 0.350 e. The highest BCUT2D eigenvalue weighted by Gasteiger charge is 2.47. The van der Waals surface area contributed by atoms with E-state index in [0.717, 1.165) is 11.0 Å². The Balaban J connectivity index is 1.78. The van der Waals surface area contributed by atoms with Gasteiger partial charge in [-0.05, 0) is 50.5 Å². The van der Waals surface area contributed by atoms with Crippen LogP contribution in [0.2, 0.25) is 5.02 Å². The van der Waals surface area contributed by atoms with Crippen molar-refractivity contribution >= 4 is 35.3 Å². The monoisotopic (exact) mass is 535 g/mol. The molecular formula is C26H28ClF2N3O5. The van der Waals surface area contributed by atoms with Gasteiger partial charge in [0.1, 0.15) is 11.6 Å². The Morgan fingerprint density at radius 2 is 1.78 bits per heavy atom. The number of hydrogen-bond acceptors (Lipinski definition) is 5. The minimum absolute atomic E-state index is 0.142. The first-order valence-corrected chi connectivity index (χ1v) is 11.9. The van der Waals surface area contributed by atoms with Crippen LogP contribution < -0.4 is 11.1 Å².